The van der Waals surface area contributed by atoms with E-state index in [1.54, 1.807) is 5.16 Å². The fourth-order valence-corrected chi connectivity index (χ4v) is 1.16. The fourth-order valence-electron chi connectivity index (χ4n) is 1.07. The Labute approximate surface area is 106 Å². The lowest BCUT2D eigenvalue weighted by Crippen LogP contribution is -2.56. The Morgan fingerprint density at radius 2 is 1.26 bits per heavy atom. The molecule has 0 N–H and O–H groups in total. The van der Waals surface area contributed by atoms with E-state index in [0.717, 1.165) is 0 Å². The molecule has 0 atom stereocenters. The van der Waals surface area contributed by atoms with Crippen molar-refractivity contribution in [3.05, 3.63) is 0 Å². The topological polar surface area (TPSA) is 12.4 Å². The number of alkyl halides is 9. The van der Waals surface area contributed by atoms with Gasteiger partial charge < -0.3 is 0 Å². The fraction of sp³-hybridized carbons (Fsp3) is 0.875. The van der Waals surface area contributed by atoms with E-state index >= 15 is 0 Å². The molecule has 0 aromatic heterocycles. The minimum atomic E-state index is -6.50. The van der Waals surface area contributed by atoms with Gasteiger partial charge in [-0.1, -0.05) is 0 Å². The number of isothiocyanates is 1. The van der Waals surface area contributed by atoms with Crippen molar-refractivity contribution in [2.24, 2.45) is 4.99 Å². The summed E-state index contributed by atoms with van der Waals surface area (Å²) in [4.78, 5) is 2.91. The molecule has 0 rings (SSSR count). The van der Waals surface area contributed by atoms with Gasteiger partial charge in [0.1, 0.15) is 0 Å². The lowest BCUT2D eigenvalue weighted by molar-refractivity contribution is -0.354. The summed E-state index contributed by atoms with van der Waals surface area (Å²) >= 11 is 3.97. The molecule has 0 aromatic carbocycles. The van der Waals surface area contributed by atoms with Crippen molar-refractivity contribution in [1.29, 1.82) is 0 Å². The Kier molecular flexibility index (Phi) is 5.41. The van der Waals surface area contributed by atoms with E-state index in [1.807, 2.05) is 0 Å². The van der Waals surface area contributed by atoms with Crippen LogP contribution < -0.4 is 0 Å². The van der Waals surface area contributed by atoms with Crippen molar-refractivity contribution in [3.63, 3.8) is 0 Å². The molecule has 0 saturated heterocycles. The molecule has 0 fully saturated rings. The van der Waals surface area contributed by atoms with Crippen molar-refractivity contribution < 1.29 is 39.5 Å². The molecule has 0 aliphatic carbocycles. The number of thiocarbonyl (C=S) groups is 1. The van der Waals surface area contributed by atoms with Crippen molar-refractivity contribution in [2.45, 2.75) is 36.8 Å². The predicted octanol–water partition coefficient (Wildman–Crippen LogP) is 4.34. The van der Waals surface area contributed by atoms with Crippen LogP contribution in [0, 0.1) is 0 Å². The molecule has 0 aromatic rings. The summed E-state index contributed by atoms with van der Waals surface area (Å²) in [5.41, 5.74) is -5.98. The Morgan fingerprint density at radius 3 is 1.58 bits per heavy atom. The molecule has 0 bridgehead atoms. The van der Waals surface area contributed by atoms with Crippen LogP contribution in [0.4, 0.5) is 39.5 Å². The first-order valence-corrected chi connectivity index (χ1v) is 4.91. The van der Waals surface area contributed by atoms with Crippen molar-refractivity contribution in [2.75, 3.05) is 6.54 Å². The first-order chi connectivity index (χ1) is 8.27. The molecule has 0 spiro atoms. The molecule has 112 valence electrons. The van der Waals surface area contributed by atoms with Crippen LogP contribution in [0.1, 0.15) is 12.8 Å². The predicted molar refractivity (Wildman–Crippen MR) is 50.0 cm³/mol. The molecule has 0 saturated carbocycles. The van der Waals surface area contributed by atoms with Crippen LogP contribution in [0.25, 0.3) is 0 Å². The molecular formula is C8H6F9NS. The average molecular weight is 319 g/mol. The van der Waals surface area contributed by atoms with Crippen molar-refractivity contribution >= 4 is 17.4 Å². The maximum Gasteiger partial charge on any atom is 0.431 e. The van der Waals surface area contributed by atoms with E-state index in [4.69, 9.17) is 0 Å². The standard InChI is InChI=1S/C8H6F9NS/c9-5(10,1-2-18-4-19)3-6(11,7(12,13)14)8(15,16)17/h1-3H2. The van der Waals surface area contributed by atoms with Gasteiger partial charge >= 0.3 is 18.0 Å². The maximum absolute atomic E-state index is 13.0. The zero-order chi connectivity index (χ0) is 15.5. The van der Waals surface area contributed by atoms with Crippen molar-refractivity contribution in [1.82, 2.24) is 0 Å². The van der Waals surface area contributed by atoms with Crippen LogP contribution in [0.2, 0.25) is 0 Å². The van der Waals surface area contributed by atoms with Crippen LogP contribution in [-0.2, 0) is 0 Å². The molecule has 0 radical (unpaired) electrons. The normalized spacial score (nSPS) is 14.2. The van der Waals surface area contributed by atoms with Gasteiger partial charge in [-0.15, -0.1) is 0 Å². The smallest absolute Gasteiger partial charge is 0.232 e. The first kappa shape index (κ1) is 18.2. The highest BCUT2D eigenvalue weighted by Crippen LogP contribution is 2.51. The largest absolute Gasteiger partial charge is 0.431 e. The molecular weight excluding hydrogens is 313 g/mol. The third-order valence-corrected chi connectivity index (χ3v) is 2.18. The van der Waals surface area contributed by atoms with Gasteiger partial charge in [0.2, 0.25) is 0 Å². The first-order valence-electron chi connectivity index (χ1n) is 4.51. The number of rotatable bonds is 5. The Morgan fingerprint density at radius 1 is 0.842 bits per heavy atom. The van der Waals surface area contributed by atoms with Crippen LogP contribution in [0.3, 0.4) is 0 Å². The Hall–Kier alpha value is -0.830. The summed E-state index contributed by atoms with van der Waals surface area (Å²) in [5.74, 6) is -4.55. The zero-order valence-electron chi connectivity index (χ0n) is 8.88. The quantitative estimate of drug-likeness (QED) is 0.417. The van der Waals surface area contributed by atoms with Gasteiger partial charge in [-0.05, 0) is 12.2 Å². The summed E-state index contributed by atoms with van der Waals surface area (Å²) in [6.45, 7) is -0.859. The maximum atomic E-state index is 13.0. The van der Waals surface area contributed by atoms with Gasteiger partial charge in [0.15, 0.2) is 0 Å². The number of halogens is 9. The van der Waals surface area contributed by atoms with Crippen LogP contribution >= 0.6 is 12.2 Å². The Bertz CT molecular complexity index is 338. The molecule has 11 heteroatoms. The average Bonchev–Trinajstić information content (AvgIpc) is 2.13. The van der Waals surface area contributed by atoms with Gasteiger partial charge in [0, 0.05) is 6.42 Å². The van der Waals surface area contributed by atoms with E-state index < -0.39 is 43.3 Å². The molecule has 19 heavy (non-hydrogen) atoms. The Balaban J connectivity index is 5.19. The molecule has 0 aliphatic heterocycles. The molecule has 0 heterocycles. The second-order valence-corrected chi connectivity index (χ2v) is 3.73. The van der Waals surface area contributed by atoms with Crippen LogP contribution in [0.5, 0.6) is 0 Å². The lowest BCUT2D eigenvalue weighted by atomic mass is 9.94. The monoisotopic (exact) mass is 319 g/mol. The minimum absolute atomic E-state index is 0.859. The van der Waals surface area contributed by atoms with E-state index in [-0.39, 0.29) is 0 Å². The SMILES string of the molecule is FC(F)(CCN=C=S)CC(F)(C(F)(F)F)C(F)(F)F. The number of hydrogen-bond acceptors (Lipinski definition) is 2. The highest BCUT2D eigenvalue weighted by Gasteiger charge is 2.74. The highest BCUT2D eigenvalue weighted by molar-refractivity contribution is 7.78. The van der Waals surface area contributed by atoms with E-state index in [2.05, 4.69) is 17.2 Å². The number of nitrogens with zero attached hydrogens (tertiary/aromatic N) is 1. The van der Waals surface area contributed by atoms with Crippen LogP contribution in [-0.4, -0.2) is 35.6 Å². The third-order valence-electron chi connectivity index (χ3n) is 2.05. The van der Waals surface area contributed by atoms with Crippen LogP contribution in [0.15, 0.2) is 4.99 Å². The van der Waals surface area contributed by atoms with Gasteiger partial charge in [-0.3, -0.25) is 0 Å². The molecule has 0 aliphatic rings. The van der Waals surface area contributed by atoms with Crippen molar-refractivity contribution in [3.8, 4) is 0 Å². The summed E-state index contributed by atoms with van der Waals surface area (Å²) in [6, 6.07) is 0. The second-order valence-electron chi connectivity index (χ2n) is 3.55. The van der Waals surface area contributed by atoms with Gasteiger partial charge in [-0.2, -0.15) is 26.3 Å². The summed E-state index contributed by atoms with van der Waals surface area (Å²) in [5, 5.41) is 1.60. The number of hydrogen-bond donors (Lipinski definition) is 0. The summed E-state index contributed by atoms with van der Waals surface area (Å²) in [7, 11) is 0. The van der Waals surface area contributed by atoms with Gasteiger partial charge in [-0.25, -0.2) is 18.2 Å². The van der Waals surface area contributed by atoms with E-state index in [9.17, 15) is 39.5 Å². The zero-order valence-corrected chi connectivity index (χ0v) is 9.69. The summed E-state index contributed by atoms with van der Waals surface area (Å²) < 4.78 is 111. The van der Waals surface area contributed by atoms with Gasteiger partial charge in [0.05, 0.1) is 18.1 Å². The summed E-state index contributed by atoms with van der Waals surface area (Å²) in [6.07, 6.45) is -17.6. The highest BCUT2D eigenvalue weighted by atomic mass is 32.1. The lowest BCUT2D eigenvalue weighted by Gasteiger charge is -2.32. The molecule has 0 amide bonds. The molecule has 0 unspecified atom stereocenters. The second kappa shape index (κ2) is 5.66. The van der Waals surface area contributed by atoms with Gasteiger partial charge in [0.25, 0.3) is 5.92 Å². The number of aliphatic imine (C=N–C) groups is 1. The third kappa shape index (κ3) is 4.64. The minimum Gasteiger partial charge on any atom is -0.232 e. The van der Waals surface area contributed by atoms with E-state index in [0.29, 0.717) is 0 Å². The van der Waals surface area contributed by atoms with E-state index in [1.165, 1.54) is 0 Å². The molecule has 1 nitrogen and oxygen atoms in total.